The van der Waals surface area contributed by atoms with E-state index < -0.39 is 0 Å². The molecule has 0 amide bonds. The lowest BCUT2D eigenvalue weighted by Gasteiger charge is -2.05. The van der Waals surface area contributed by atoms with Gasteiger partial charge in [0.15, 0.2) is 0 Å². The van der Waals surface area contributed by atoms with E-state index in [0.29, 0.717) is 5.92 Å². The predicted octanol–water partition coefficient (Wildman–Crippen LogP) is 2.86. The summed E-state index contributed by atoms with van der Waals surface area (Å²) < 4.78 is 0. The number of hydrogen-bond donors (Lipinski definition) is 1. The molecule has 4 heteroatoms. The zero-order valence-corrected chi connectivity index (χ0v) is 10.8. The maximum absolute atomic E-state index is 11.8. The van der Waals surface area contributed by atoms with E-state index in [4.69, 9.17) is 0 Å². The van der Waals surface area contributed by atoms with Crippen molar-refractivity contribution in [1.29, 1.82) is 0 Å². The summed E-state index contributed by atoms with van der Waals surface area (Å²) in [6.07, 6.45) is 4.00. The molecule has 4 nitrogen and oxygen atoms in total. The minimum Gasteiger partial charge on any atom is -0.310 e. The van der Waals surface area contributed by atoms with Crippen molar-refractivity contribution in [1.82, 2.24) is 15.0 Å². The number of H-pyrrole nitrogens is 1. The van der Waals surface area contributed by atoms with Gasteiger partial charge in [0.2, 0.25) is 0 Å². The van der Waals surface area contributed by atoms with Crippen LogP contribution in [0, 0.1) is 0 Å². The van der Waals surface area contributed by atoms with Crippen LogP contribution >= 0.6 is 0 Å². The lowest BCUT2D eigenvalue weighted by molar-refractivity contribution is 0.912. The van der Waals surface area contributed by atoms with Crippen LogP contribution in [-0.2, 0) is 0 Å². The van der Waals surface area contributed by atoms with Gasteiger partial charge in [0.25, 0.3) is 5.56 Å². The average molecular weight is 263 g/mol. The summed E-state index contributed by atoms with van der Waals surface area (Å²) in [5.41, 5.74) is 2.49. The van der Waals surface area contributed by atoms with E-state index in [1.807, 2.05) is 30.3 Å². The van der Waals surface area contributed by atoms with Crippen LogP contribution in [0.15, 0.2) is 47.4 Å². The highest BCUT2D eigenvalue weighted by Gasteiger charge is 2.26. The maximum Gasteiger partial charge on any atom is 0.251 e. The van der Waals surface area contributed by atoms with E-state index in [-0.39, 0.29) is 5.56 Å². The van der Waals surface area contributed by atoms with Crippen molar-refractivity contribution < 1.29 is 0 Å². The largest absolute Gasteiger partial charge is 0.310 e. The minimum atomic E-state index is -0.0852. The first-order valence-corrected chi connectivity index (χ1v) is 6.76. The van der Waals surface area contributed by atoms with E-state index in [0.717, 1.165) is 40.8 Å². The summed E-state index contributed by atoms with van der Waals surface area (Å²) in [7, 11) is 0. The van der Waals surface area contributed by atoms with Crippen molar-refractivity contribution in [2.45, 2.75) is 18.8 Å². The first kappa shape index (κ1) is 11.3. The quantitative estimate of drug-likeness (QED) is 0.773. The van der Waals surface area contributed by atoms with E-state index in [1.165, 1.54) is 0 Å². The molecule has 0 saturated heterocycles. The number of rotatable bonds is 2. The van der Waals surface area contributed by atoms with Gasteiger partial charge in [-0.05, 0) is 25.0 Å². The molecule has 0 spiro atoms. The second-order valence-electron chi connectivity index (χ2n) is 5.20. The molecule has 1 aliphatic rings. The van der Waals surface area contributed by atoms with Crippen molar-refractivity contribution in [3.05, 3.63) is 58.8 Å². The standard InChI is InChI=1S/C16H13N3O/c20-15-9-14(18-16(19-15)11-4-5-11)12-6-3-10-2-1-7-17-13(10)8-12/h1-3,6-9,11H,4-5H2,(H,18,19,20). The number of nitrogens with zero attached hydrogens (tertiary/aromatic N) is 2. The van der Waals surface area contributed by atoms with Crippen molar-refractivity contribution in [2.24, 2.45) is 0 Å². The molecule has 0 bridgehead atoms. The van der Waals surface area contributed by atoms with Crippen molar-refractivity contribution >= 4 is 10.9 Å². The Balaban J connectivity index is 1.87. The van der Waals surface area contributed by atoms with Crippen LogP contribution in [0.4, 0.5) is 0 Å². The molecule has 3 aromatic rings. The number of nitrogens with one attached hydrogen (secondary N) is 1. The lowest BCUT2D eigenvalue weighted by atomic mass is 10.1. The zero-order valence-electron chi connectivity index (χ0n) is 10.8. The Kier molecular flexibility index (Phi) is 2.42. The molecule has 1 aliphatic carbocycles. The zero-order chi connectivity index (χ0) is 13.5. The van der Waals surface area contributed by atoms with Gasteiger partial charge in [-0.25, -0.2) is 4.98 Å². The van der Waals surface area contributed by atoms with Gasteiger partial charge in [0, 0.05) is 29.1 Å². The fourth-order valence-electron chi connectivity index (χ4n) is 2.40. The second kappa shape index (κ2) is 4.27. The van der Waals surface area contributed by atoms with Crippen LogP contribution in [0.3, 0.4) is 0 Å². The van der Waals surface area contributed by atoms with E-state index in [2.05, 4.69) is 15.0 Å². The van der Waals surface area contributed by atoms with E-state index in [9.17, 15) is 4.79 Å². The van der Waals surface area contributed by atoms with Gasteiger partial charge in [-0.1, -0.05) is 18.2 Å². The molecule has 1 aromatic carbocycles. The highest BCUT2D eigenvalue weighted by Crippen LogP contribution is 2.38. The van der Waals surface area contributed by atoms with Gasteiger partial charge < -0.3 is 4.98 Å². The Morgan fingerprint density at radius 2 is 2.05 bits per heavy atom. The smallest absolute Gasteiger partial charge is 0.251 e. The van der Waals surface area contributed by atoms with Gasteiger partial charge in [0.1, 0.15) is 5.82 Å². The van der Waals surface area contributed by atoms with Crippen molar-refractivity contribution in [3.63, 3.8) is 0 Å². The summed E-state index contributed by atoms with van der Waals surface area (Å²) in [5.74, 6) is 1.25. The van der Waals surface area contributed by atoms with Crippen LogP contribution in [0.2, 0.25) is 0 Å². The molecule has 4 rings (SSSR count). The normalized spacial score (nSPS) is 14.6. The number of pyridine rings is 1. The van der Waals surface area contributed by atoms with Gasteiger partial charge in [-0.15, -0.1) is 0 Å². The number of fused-ring (bicyclic) bond motifs is 1. The SMILES string of the molecule is O=c1cc(-c2ccc3cccnc3c2)nc(C2CC2)[nH]1. The van der Waals surface area contributed by atoms with Gasteiger partial charge in [0.05, 0.1) is 11.2 Å². The Morgan fingerprint density at radius 1 is 1.15 bits per heavy atom. The molecule has 0 unspecified atom stereocenters. The molecule has 1 fully saturated rings. The lowest BCUT2D eigenvalue weighted by Crippen LogP contribution is -2.10. The van der Waals surface area contributed by atoms with Crippen LogP contribution in [0.25, 0.3) is 22.2 Å². The second-order valence-corrected chi connectivity index (χ2v) is 5.20. The Morgan fingerprint density at radius 3 is 2.90 bits per heavy atom. The molecular weight excluding hydrogens is 250 g/mol. The summed E-state index contributed by atoms with van der Waals surface area (Å²) in [6.45, 7) is 0. The highest BCUT2D eigenvalue weighted by molar-refractivity contribution is 5.83. The van der Waals surface area contributed by atoms with Crippen LogP contribution in [-0.4, -0.2) is 15.0 Å². The number of benzene rings is 1. The first-order chi connectivity index (χ1) is 9.79. The number of aromatic nitrogens is 3. The van der Waals surface area contributed by atoms with Gasteiger partial charge >= 0.3 is 0 Å². The predicted molar refractivity (Wildman–Crippen MR) is 77.6 cm³/mol. The molecule has 0 radical (unpaired) electrons. The average Bonchev–Trinajstić information content (AvgIpc) is 3.31. The molecule has 20 heavy (non-hydrogen) atoms. The van der Waals surface area contributed by atoms with E-state index in [1.54, 1.807) is 12.3 Å². The highest BCUT2D eigenvalue weighted by atomic mass is 16.1. The molecule has 98 valence electrons. The van der Waals surface area contributed by atoms with Crippen molar-refractivity contribution in [2.75, 3.05) is 0 Å². The summed E-state index contributed by atoms with van der Waals surface area (Å²) in [4.78, 5) is 23.5. The summed E-state index contributed by atoms with van der Waals surface area (Å²) in [6, 6.07) is 11.5. The number of hydrogen-bond acceptors (Lipinski definition) is 3. The number of aromatic amines is 1. The van der Waals surface area contributed by atoms with Crippen LogP contribution < -0.4 is 5.56 Å². The van der Waals surface area contributed by atoms with Gasteiger partial charge in [-0.2, -0.15) is 0 Å². The third kappa shape index (κ3) is 1.99. The molecule has 0 atom stereocenters. The molecule has 1 N–H and O–H groups in total. The minimum absolute atomic E-state index is 0.0852. The third-order valence-electron chi connectivity index (χ3n) is 3.63. The molecule has 2 heterocycles. The molecule has 2 aromatic heterocycles. The monoisotopic (exact) mass is 263 g/mol. The topological polar surface area (TPSA) is 58.6 Å². The summed E-state index contributed by atoms with van der Waals surface area (Å²) in [5, 5.41) is 1.09. The Hall–Kier alpha value is -2.49. The summed E-state index contributed by atoms with van der Waals surface area (Å²) >= 11 is 0. The molecular formula is C16H13N3O. The van der Waals surface area contributed by atoms with E-state index >= 15 is 0 Å². The van der Waals surface area contributed by atoms with Crippen LogP contribution in [0.5, 0.6) is 0 Å². The molecule has 0 aliphatic heterocycles. The fourth-order valence-corrected chi connectivity index (χ4v) is 2.40. The van der Waals surface area contributed by atoms with Crippen LogP contribution in [0.1, 0.15) is 24.6 Å². The molecule has 1 saturated carbocycles. The fraction of sp³-hybridized carbons (Fsp3) is 0.188. The Bertz CT molecular complexity index is 849. The van der Waals surface area contributed by atoms with Gasteiger partial charge in [-0.3, -0.25) is 9.78 Å². The van der Waals surface area contributed by atoms with Crippen molar-refractivity contribution in [3.8, 4) is 11.3 Å². The Labute approximate surface area is 115 Å². The third-order valence-corrected chi connectivity index (χ3v) is 3.63. The first-order valence-electron chi connectivity index (χ1n) is 6.76. The maximum atomic E-state index is 11.8.